The second kappa shape index (κ2) is 7.88. The van der Waals surface area contributed by atoms with Crippen molar-refractivity contribution in [3.05, 3.63) is 30.5 Å². The zero-order valence-corrected chi connectivity index (χ0v) is 16.7. The minimum Gasteiger partial charge on any atom is -0.383 e. The molecule has 0 fully saturated rings. The van der Waals surface area contributed by atoms with Gasteiger partial charge in [-0.1, -0.05) is 25.6 Å². The first-order valence-electron chi connectivity index (χ1n) is 9.59. The van der Waals surface area contributed by atoms with E-state index in [0.29, 0.717) is 6.54 Å². The van der Waals surface area contributed by atoms with Gasteiger partial charge in [0, 0.05) is 46.7 Å². The van der Waals surface area contributed by atoms with Crippen molar-refractivity contribution >= 4 is 28.4 Å². The van der Waals surface area contributed by atoms with Gasteiger partial charge in [0.1, 0.15) is 11.4 Å². The van der Waals surface area contributed by atoms with Gasteiger partial charge in [0.25, 0.3) is 0 Å². The Labute approximate surface area is 164 Å². The number of likely N-dealkylation sites (N-methyl/N-ethyl adjacent to an activating group) is 1. The van der Waals surface area contributed by atoms with Crippen LogP contribution in [-0.2, 0) is 6.54 Å². The number of fused-ring (bicyclic) bond motifs is 2. The Hall–Kier alpha value is -2.09. The van der Waals surface area contributed by atoms with Crippen molar-refractivity contribution < 1.29 is 0 Å². The molecule has 2 aromatic heterocycles. The van der Waals surface area contributed by atoms with Crippen molar-refractivity contribution in [1.82, 2.24) is 19.7 Å². The highest BCUT2D eigenvalue weighted by molar-refractivity contribution is 8.00. The lowest BCUT2D eigenvalue weighted by Crippen LogP contribution is -2.27. The van der Waals surface area contributed by atoms with Crippen molar-refractivity contribution in [3.63, 3.8) is 0 Å². The van der Waals surface area contributed by atoms with Gasteiger partial charge in [0.05, 0.1) is 12.1 Å². The lowest BCUT2D eigenvalue weighted by Gasteiger charge is -2.18. The van der Waals surface area contributed by atoms with Crippen LogP contribution in [-0.4, -0.2) is 52.4 Å². The van der Waals surface area contributed by atoms with Gasteiger partial charge < -0.3 is 16.0 Å². The van der Waals surface area contributed by atoms with Crippen LogP contribution in [0.25, 0.3) is 22.3 Å². The van der Waals surface area contributed by atoms with E-state index >= 15 is 0 Å². The zero-order chi connectivity index (χ0) is 18.8. The van der Waals surface area contributed by atoms with E-state index in [0.717, 1.165) is 54.7 Å². The molecule has 4 rings (SSSR count). The van der Waals surface area contributed by atoms with Crippen molar-refractivity contribution in [2.75, 3.05) is 38.0 Å². The Balaban J connectivity index is 1.82. The van der Waals surface area contributed by atoms with Gasteiger partial charge in [-0.2, -0.15) is 5.10 Å². The maximum Gasteiger partial charge on any atom is 0.121 e. The molecule has 0 atom stereocenters. The highest BCUT2D eigenvalue weighted by atomic mass is 32.2. The molecule has 1 aliphatic rings. The molecule has 0 spiro atoms. The molecule has 0 bridgehead atoms. The van der Waals surface area contributed by atoms with Crippen molar-refractivity contribution in [2.24, 2.45) is 5.73 Å². The Kier molecular flexibility index (Phi) is 5.33. The number of anilines is 1. The summed E-state index contributed by atoms with van der Waals surface area (Å²) in [5.74, 6) is 0. The number of aromatic nitrogens is 3. The monoisotopic (exact) mass is 382 g/mol. The molecular weight excluding hydrogens is 356 g/mol. The van der Waals surface area contributed by atoms with Gasteiger partial charge in [-0.05, 0) is 37.4 Å². The number of nitrogens with one attached hydrogen (secondary N) is 1. The SMILES string of the molecule is CCN(CC)CCn1nc2c3c(c(NCCN)ccc31)Sc1cccnc1-2. The molecule has 6 nitrogen and oxygen atoms in total. The van der Waals surface area contributed by atoms with Crippen molar-refractivity contribution in [1.29, 1.82) is 0 Å². The summed E-state index contributed by atoms with van der Waals surface area (Å²) in [7, 11) is 0. The fourth-order valence-electron chi connectivity index (χ4n) is 3.57. The Morgan fingerprint density at radius 1 is 1.19 bits per heavy atom. The molecule has 0 saturated heterocycles. The quantitative estimate of drug-likeness (QED) is 0.487. The van der Waals surface area contributed by atoms with Crippen LogP contribution < -0.4 is 11.1 Å². The number of rotatable bonds is 8. The molecule has 27 heavy (non-hydrogen) atoms. The van der Waals surface area contributed by atoms with Gasteiger partial charge in [-0.25, -0.2) is 0 Å². The van der Waals surface area contributed by atoms with Gasteiger partial charge in [0.2, 0.25) is 0 Å². The van der Waals surface area contributed by atoms with Crippen LogP contribution in [0, 0.1) is 0 Å². The van der Waals surface area contributed by atoms with Gasteiger partial charge >= 0.3 is 0 Å². The molecule has 0 aliphatic carbocycles. The summed E-state index contributed by atoms with van der Waals surface area (Å²) in [5.41, 5.74) is 9.97. The number of hydrogen-bond acceptors (Lipinski definition) is 6. The van der Waals surface area contributed by atoms with Crippen LogP contribution in [0.15, 0.2) is 40.3 Å². The van der Waals surface area contributed by atoms with Crippen molar-refractivity contribution in [2.45, 2.75) is 30.2 Å². The number of nitrogens with two attached hydrogens (primary N) is 1. The summed E-state index contributed by atoms with van der Waals surface area (Å²) in [6.07, 6.45) is 1.85. The van der Waals surface area contributed by atoms with Gasteiger partial charge in [-0.15, -0.1) is 0 Å². The minimum atomic E-state index is 0.607. The third-order valence-corrected chi connectivity index (χ3v) is 6.24. The first-order valence-corrected chi connectivity index (χ1v) is 10.4. The fourth-order valence-corrected chi connectivity index (χ4v) is 4.73. The van der Waals surface area contributed by atoms with E-state index in [2.05, 4.69) is 51.9 Å². The highest BCUT2D eigenvalue weighted by Crippen LogP contribution is 2.49. The van der Waals surface area contributed by atoms with Crippen LogP contribution in [0.2, 0.25) is 0 Å². The molecular formula is C20H26N6S. The number of benzene rings is 1. The Bertz CT molecular complexity index is 947. The minimum absolute atomic E-state index is 0.607. The third-order valence-electron chi connectivity index (χ3n) is 5.06. The van der Waals surface area contributed by atoms with Crippen LogP contribution >= 0.6 is 11.8 Å². The van der Waals surface area contributed by atoms with E-state index in [4.69, 9.17) is 10.8 Å². The van der Waals surface area contributed by atoms with Crippen molar-refractivity contribution in [3.8, 4) is 11.4 Å². The maximum atomic E-state index is 5.70. The molecule has 1 aromatic carbocycles. The van der Waals surface area contributed by atoms with Crippen LogP contribution in [0.5, 0.6) is 0 Å². The maximum absolute atomic E-state index is 5.70. The Morgan fingerprint density at radius 3 is 2.81 bits per heavy atom. The molecule has 0 unspecified atom stereocenters. The third kappa shape index (κ3) is 3.31. The fraction of sp³-hybridized carbons (Fsp3) is 0.400. The lowest BCUT2D eigenvalue weighted by molar-refractivity contribution is 0.287. The summed E-state index contributed by atoms with van der Waals surface area (Å²) in [5, 5.41) is 9.65. The molecule has 0 amide bonds. The summed E-state index contributed by atoms with van der Waals surface area (Å²) < 4.78 is 2.14. The van der Waals surface area contributed by atoms with Crippen LogP contribution in [0.3, 0.4) is 0 Å². The van der Waals surface area contributed by atoms with Gasteiger partial charge in [-0.3, -0.25) is 9.67 Å². The van der Waals surface area contributed by atoms with E-state index < -0.39 is 0 Å². The lowest BCUT2D eigenvalue weighted by atomic mass is 10.1. The summed E-state index contributed by atoms with van der Waals surface area (Å²) in [4.78, 5) is 9.43. The zero-order valence-electron chi connectivity index (χ0n) is 15.9. The van der Waals surface area contributed by atoms with Gasteiger partial charge in [0.15, 0.2) is 0 Å². The predicted octanol–water partition coefficient (Wildman–Crippen LogP) is 3.28. The molecule has 7 heteroatoms. The number of nitrogens with zero attached hydrogens (tertiary/aromatic N) is 4. The second-order valence-corrected chi connectivity index (χ2v) is 7.65. The molecule has 1 aliphatic heterocycles. The second-order valence-electron chi connectivity index (χ2n) is 6.60. The number of hydrogen-bond donors (Lipinski definition) is 2. The Morgan fingerprint density at radius 2 is 2.04 bits per heavy atom. The van der Waals surface area contributed by atoms with E-state index in [1.807, 2.05) is 12.3 Å². The molecule has 0 saturated carbocycles. The average molecular weight is 383 g/mol. The first-order chi connectivity index (χ1) is 13.3. The van der Waals surface area contributed by atoms with E-state index in [1.54, 1.807) is 11.8 Å². The number of pyridine rings is 1. The smallest absolute Gasteiger partial charge is 0.121 e. The molecule has 3 aromatic rings. The molecule has 142 valence electrons. The van der Waals surface area contributed by atoms with E-state index in [-0.39, 0.29) is 0 Å². The molecule has 3 N–H and O–H groups in total. The summed E-state index contributed by atoms with van der Waals surface area (Å²) in [6.45, 7) is 9.75. The molecule has 3 heterocycles. The van der Waals surface area contributed by atoms with E-state index in [1.165, 1.54) is 15.8 Å². The molecule has 0 radical (unpaired) electrons. The predicted molar refractivity (Wildman–Crippen MR) is 112 cm³/mol. The first kappa shape index (κ1) is 18.3. The standard InChI is InChI=1S/C20H26N6S/c1-3-25(4-2)12-13-26-15-8-7-14(22-11-9-21)20-17(15)19(24-26)18-16(27-20)6-5-10-23-18/h5-8,10,22H,3-4,9,11-13,21H2,1-2H3. The highest BCUT2D eigenvalue weighted by Gasteiger charge is 2.26. The van der Waals surface area contributed by atoms with Crippen LogP contribution in [0.4, 0.5) is 5.69 Å². The normalized spacial score (nSPS) is 12.6. The van der Waals surface area contributed by atoms with Crippen LogP contribution in [0.1, 0.15) is 13.8 Å². The summed E-state index contributed by atoms with van der Waals surface area (Å²) in [6, 6.07) is 8.43. The summed E-state index contributed by atoms with van der Waals surface area (Å²) >= 11 is 1.77. The topological polar surface area (TPSA) is 72.0 Å². The van der Waals surface area contributed by atoms with E-state index in [9.17, 15) is 0 Å². The average Bonchev–Trinajstić information content (AvgIpc) is 3.08. The largest absolute Gasteiger partial charge is 0.383 e.